The molecule has 0 spiro atoms. The minimum Gasteiger partial charge on any atom is -0.483 e. The minimum absolute atomic E-state index is 0.148. The van der Waals surface area contributed by atoms with Crippen LogP contribution in [0.25, 0.3) is 10.9 Å². The van der Waals surface area contributed by atoms with Crippen LogP contribution in [-0.4, -0.2) is 23.6 Å². The van der Waals surface area contributed by atoms with Gasteiger partial charge in [0.2, 0.25) is 0 Å². The van der Waals surface area contributed by atoms with Crippen LogP contribution in [0.4, 0.5) is 5.69 Å². The Balaban J connectivity index is 1.87. The average Bonchev–Trinajstić information content (AvgIpc) is 2.70. The zero-order chi connectivity index (χ0) is 19.2. The first-order valence-corrected chi connectivity index (χ1v) is 8.87. The number of aryl methyl sites for hydroxylation is 1. The number of nitrogens with zero attached hydrogens (tertiary/aromatic N) is 2. The second kappa shape index (κ2) is 8.36. The second-order valence-corrected chi connectivity index (χ2v) is 6.03. The van der Waals surface area contributed by atoms with E-state index >= 15 is 0 Å². The first kappa shape index (κ1) is 18.5. The molecule has 0 aliphatic heterocycles. The number of ether oxygens (including phenoxy) is 1. The second-order valence-electron chi connectivity index (χ2n) is 6.03. The molecule has 5 nitrogen and oxygen atoms in total. The lowest BCUT2D eigenvalue weighted by Gasteiger charge is -2.21. The number of carbonyl (C=O) groups excluding carboxylic acids is 1. The highest BCUT2D eigenvalue weighted by Gasteiger charge is 2.16. The monoisotopic (exact) mass is 362 g/mol. The maximum absolute atomic E-state index is 12.7. The van der Waals surface area contributed by atoms with Crippen LogP contribution in [0.3, 0.4) is 0 Å². The Labute approximate surface area is 158 Å². The lowest BCUT2D eigenvalue weighted by atomic mass is 10.2. The van der Waals surface area contributed by atoms with Crippen molar-refractivity contribution in [1.29, 1.82) is 0 Å². The zero-order valence-corrected chi connectivity index (χ0v) is 15.3. The molecule has 1 amide bonds. The van der Waals surface area contributed by atoms with Gasteiger partial charge in [0.1, 0.15) is 5.75 Å². The molecule has 0 unspecified atom stereocenters. The molecule has 0 bridgehead atoms. The Morgan fingerprint density at radius 1 is 1.15 bits per heavy atom. The van der Waals surface area contributed by atoms with Gasteiger partial charge in [-0.3, -0.25) is 9.59 Å². The summed E-state index contributed by atoms with van der Waals surface area (Å²) in [5.74, 6) is 0.213. The summed E-state index contributed by atoms with van der Waals surface area (Å²) in [7, 11) is 0. The predicted molar refractivity (Wildman–Crippen MR) is 108 cm³/mol. The Bertz CT molecular complexity index is 1010. The van der Waals surface area contributed by atoms with E-state index in [1.165, 1.54) is 6.07 Å². The summed E-state index contributed by atoms with van der Waals surface area (Å²) in [5.41, 5.74) is 1.42. The van der Waals surface area contributed by atoms with E-state index in [1.807, 2.05) is 61.5 Å². The van der Waals surface area contributed by atoms with E-state index in [0.29, 0.717) is 18.8 Å². The molecule has 5 heteroatoms. The van der Waals surface area contributed by atoms with Gasteiger partial charge < -0.3 is 14.2 Å². The first-order valence-electron chi connectivity index (χ1n) is 8.87. The SMILES string of the molecule is C=CCN(C(=O)COc1cc(=O)n(CC)c2ccccc12)c1ccccc1. The summed E-state index contributed by atoms with van der Waals surface area (Å²) in [6.45, 7) is 6.43. The van der Waals surface area contributed by atoms with Gasteiger partial charge >= 0.3 is 0 Å². The van der Waals surface area contributed by atoms with Gasteiger partial charge in [-0.1, -0.05) is 36.4 Å². The number of para-hydroxylation sites is 2. The molecule has 0 atom stereocenters. The van der Waals surface area contributed by atoms with Crippen LogP contribution in [-0.2, 0) is 11.3 Å². The molecule has 0 saturated heterocycles. The van der Waals surface area contributed by atoms with Crippen LogP contribution in [0.2, 0.25) is 0 Å². The molecule has 1 heterocycles. The van der Waals surface area contributed by atoms with Crippen LogP contribution in [0.1, 0.15) is 6.92 Å². The summed E-state index contributed by atoms with van der Waals surface area (Å²) in [6.07, 6.45) is 1.67. The Kier molecular flexibility index (Phi) is 5.71. The maximum atomic E-state index is 12.7. The predicted octanol–water partition coefficient (Wildman–Crippen LogP) is 3.62. The zero-order valence-electron chi connectivity index (χ0n) is 15.3. The number of amides is 1. The molecule has 0 saturated carbocycles. The first-order chi connectivity index (χ1) is 13.2. The normalized spacial score (nSPS) is 10.6. The van der Waals surface area contributed by atoms with E-state index in [-0.39, 0.29) is 18.1 Å². The van der Waals surface area contributed by atoms with E-state index in [4.69, 9.17) is 4.74 Å². The number of rotatable bonds is 7. The van der Waals surface area contributed by atoms with E-state index < -0.39 is 0 Å². The Morgan fingerprint density at radius 3 is 2.56 bits per heavy atom. The van der Waals surface area contributed by atoms with Gasteiger partial charge in [-0.2, -0.15) is 0 Å². The van der Waals surface area contributed by atoms with E-state index in [9.17, 15) is 9.59 Å². The van der Waals surface area contributed by atoms with Crippen LogP contribution in [0.15, 0.2) is 78.1 Å². The topological polar surface area (TPSA) is 51.5 Å². The largest absolute Gasteiger partial charge is 0.483 e. The van der Waals surface area contributed by atoms with Crippen molar-refractivity contribution in [3.8, 4) is 5.75 Å². The molecule has 2 aromatic carbocycles. The third-order valence-electron chi connectivity index (χ3n) is 4.33. The molecule has 3 rings (SSSR count). The van der Waals surface area contributed by atoms with Gasteiger partial charge in [0.15, 0.2) is 6.61 Å². The smallest absolute Gasteiger partial charge is 0.265 e. The Morgan fingerprint density at radius 2 is 1.85 bits per heavy atom. The molecule has 0 radical (unpaired) electrons. The maximum Gasteiger partial charge on any atom is 0.265 e. The number of fused-ring (bicyclic) bond motifs is 1. The van der Waals surface area contributed by atoms with Gasteiger partial charge in [-0.25, -0.2) is 0 Å². The van der Waals surface area contributed by atoms with Crippen molar-refractivity contribution in [1.82, 2.24) is 4.57 Å². The van der Waals surface area contributed by atoms with E-state index in [0.717, 1.165) is 16.6 Å². The van der Waals surface area contributed by atoms with Gasteiger partial charge in [-0.05, 0) is 31.2 Å². The minimum atomic E-state index is -0.204. The fourth-order valence-corrected chi connectivity index (χ4v) is 3.06. The number of carbonyl (C=O) groups is 1. The molecule has 27 heavy (non-hydrogen) atoms. The van der Waals surface area contributed by atoms with Gasteiger partial charge in [0, 0.05) is 30.2 Å². The molecule has 3 aromatic rings. The standard InChI is InChI=1S/C22H22N2O3/c1-3-14-24(17-10-6-5-7-11-17)22(26)16-27-20-15-21(25)23(4-2)19-13-9-8-12-18(19)20/h3,5-13,15H,1,4,14,16H2,2H3. The molecule has 0 aliphatic carbocycles. The lowest BCUT2D eigenvalue weighted by Crippen LogP contribution is -2.35. The average molecular weight is 362 g/mol. The highest BCUT2D eigenvalue weighted by molar-refractivity contribution is 5.95. The molecule has 138 valence electrons. The molecule has 1 aromatic heterocycles. The van der Waals surface area contributed by atoms with Crippen LogP contribution < -0.4 is 15.2 Å². The van der Waals surface area contributed by atoms with Crippen molar-refractivity contribution in [2.45, 2.75) is 13.5 Å². The van der Waals surface area contributed by atoms with Crippen molar-refractivity contribution in [3.63, 3.8) is 0 Å². The number of benzene rings is 2. The van der Waals surface area contributed by atoms with Crippen molar-refractivity contribution >= 4 is 22.5 Å². The summed E-state index contributed by atoms with van der Waals surface area (Å²) < 4.78 is 7.45. The summed E-state index contributed by atoms with van der Waals surface area (Å²) >= 11 is 0. The molecular formula is C22H22N2O3. The molecule has 0 N–H and O–H groups in total. The molecular weight excluding hydrogens is 340 g/mol. The van der Waals surface area contributed by atoms with Crippen LogP contribution >= 0.6 is 0 Å². The highest BCUT2D eigenvalue weighted by atomic mass is 16.5. The van der Waals surface area contributed by atoms with Crippen molar-refractivity contribution in [3.05, 3.63) is 83.7 Å². The lowest BCUT2D eigenvalue weighted by molar-refractivity contribution is -0.120. The summed E-state index contributed by atoms with van der Waals surface area (Å²) in [6, 6.07) is 18.3. The van der Waals surface area contributed by atoms with Gasteiger partial charge in [0.25, 0.3) is 11.5 Å². The molecule has 0 aliphatic rings. The molecule has 0 fully saturated rings. The van der Waals surface area contributed by atoms with Gasteiger partial charge in [-0.15, -0.1) is 6.58 Å². The van der Waals surface area contributed by atoms with E-state index in [2.05, 4.69) is 6.58 Å². The number of anilines is 1. The van der Waals surface area contributed by atoms with Crippen LogP contribution in [0.5, 0.6) is 5.75 Å². The Hall–Kier alpha value is -3.34. The van der Waals surface area contributed by atoms with Gasteiger partial charge in [0.05, 0.1) is 5.52 Å². The highest BCUT2D eigenvalue weighted by Crippen LogP contribution is 2.24. The van der Waals surface area contributed by atoms with Crippen LogP contribution in [0, 0.1) is 0 Å². The fourth-order valence-electron chi connectivity index (χ4n) is 3.06. The fraction of sp³-hybridized carbons (Fsp3) is 0.182. The van der Waals surface area contributed by atoms with Crippen molar-refractivity contribution in [2.75, 3.05) is 18.1 Å². The van der Waals surface area contributed by atoms with E-state index in [1.54, 1.807) is 15.5 Å². The third-order valence-corrected chi connectivity index (χ3v) is 4.33. The third kappa shape index (κ3) is 3.92. The number of pyridine rings is 1. The quantitative estimate of drug-likeness (QED) is 0.603. The van der Waals surface area contributed by atoms with Crippen molar-refractivity contribution in [2.24, 2.45) is 0 Å². The summed E-state index contributed by atoms with van der Waals surface area (Å²) in [4.78, 5) is 26.7. The number of aromatic nitrogens is 1. The number of hydrogen-bond acceptors (Lipinski definition) is 3. The van der Waals surface area contributed by atoms with Crippen molar-refractivity contribution < 1.29 is 9.53 Å². The summed E-state index contributed by atoms with van der Waals surface area (Å²) in [5, 5.41) is 0.807. The number of hydrogen-bond donors (Lipinski definition) is 0.